The van der Waals surface area contributed by atoms with Crippen LogP contribution in [0.25, 0.3) is 0 Å². The van der Waals surface area contributed by atoms with Crippen molar-refractivity contribution in [2.45, 2.75) is 33.4 Å². The average Bonchev–Trinajstić information content (AvgIpc) is 2.80. The molecule has 0 amide bonds. The second-order valence-electron chi connectivity index (χ2n) is 4.69. The first-order valence-electron chi connectivity index (χ1n) is 6.44. The van der Waals surface area contributed by atoms with Crippen LogP contribution in [-0.4, -0.2) is 4.57 Å². The van der Waals surface area contributed by atoms with E-state index < -0.39 is 11.6 Å². The number of hydrogen-bond acceptors (Lipinski definition) is 1. The fraction of sp³-hybridized carbons (Fsp3) is 0.333. The zero-order chi connectivity index (χ0) is 13.8. The molecular weight excluding hydrogens is 246 g/mol. The molecule has 1 aromatic heterocycles. The Morgan fingerprint density at radius 3 is 2.74 bits per heavy atom. The topological polar surface area (TPSA) is 17.0 Å². The summed E-state index contributed by atoms with van der Waals surface area (Å²) in [5, 5.41) is 2.92. The van der Waals surface area contributed by atoms with E-state index in [4.69, 9.17) is 0 Å². The molecule has 0 aliphatic carbocycles. The van der Waals surface area contributed by atoms with Crippen LogP contribution in [0.2, 0.25) is 0 Å². The van der Waals surface area contributed by atoms with Gasteiger partial charge in [0.15, 0.2) is 0 Å². The minimum absolute atomic E-state index is 0.200. The summed E-state index contributed by atoms with van der Waals surface area (Å²) in [7, 11) is 0. The van der Waals surface area contributed by atoms with Crippen LogP contribution in [0.15, 0.2) is 30.6 Å². The number of hydrogen-bond donors (Lipinski definition) is 1. The maximum atomic E-state index is 13.6. The van der Waals surface area contributed by atoms with E-state index in [1.807, 2.05) is 18.5 Å². The van der Waals surface area contributed by atoms with E-state index >= 15 is 0 Å². The van der Waals surface area contributed by atoms with Gasteiger partial charge in [-0.3, -0.25) is 0 Å². The van der Waals surface area contributed by atoms with Crippen molar-refractivity contribution in [3.8, 4) is 0 Å². The summed E-state index contributed by atoms with van der Waals surface area (Å²) in [5.41, 5.74) is 1.57. The van der Waals surface area contributed by atoms with Gasteiger partial charge in [-0.1, -0.05) is 6.92 Å². The van der Waals surface area contributed by atoms with Gasteiger partial charge < -0.3 is 9.88 Å². The van der Waals surface area contributed by atoms with Crippen molar-refractivity contribution in [2.24, 2.45) is 0 Å². The fourth-order valence-electron chi connectivity index (χ4n) is 1.97. The van der Waals surface area contributed by atoms with E-state index in [0.717, 1.165) is 18.5 Å². The van der Waals surface area contributed by atoms with E-state index in [2.05, 4.69) is 16.8 Å². The third-order valence-electron chi connectivity index (χ3n) is 3.02. The van der Waals surface area contributed by atoms with E-state index in [0.29, 0.717) is 12.1 Å². The number of benzene rings is 1. The molecule has 0 bridgehead atoms. The number of aromatic nitrogens is 1. The molecule has 2 nitrogen and oxygen atoms in total. The first-order valence-corrected chi connectivity index (χ1v) is 6.44. The maximum absolute atomic E-state index is 13.6. The van der Waals surface area contributed by atoms with E-state index in [1.54, 1.807) is 6.92 Å². The Kier molecular flexibility index (Phi) is 4.20. The monoisotopic (exact) mass is 264 g/mol. The SMILES string of the molecule is CCCn1ccc(CNc2cc(F)c(C)cc2F)c1. The predicted molar refractivity (Wildman–Crippen MR) is 73.1 cm³/mol. The van der Waals surface area contributed by atoms with Crippen molar-refractivity contribution in [3.05, 3.63) is 53.4 Å². The van der Waals surface area contributed by atoms with E-state index in [-0.39, 0.29) is 5.69 Å². The number of halogens is 2. The molecule has 102 valence electrons. The van der Waals surface area contributed by atoms with E-state index in [9.17, 15) is 8.78 Å². The summed E-state index contributed by atoms with van der Waals surface area (Å²) in [6.45, 7) is 5.11. The molecule has 0 unspecified atom stereocenters. The molecule has 0 spiro atoms. The minimum atomic E-state index is -0.424. The Balaban J connectivity index is 2.03. The Morgan fingerprint density at radius 1 is 1.21 bits per heavy atom. The average molecular weight is 264 g/mol. The third kappa shape index (κ3) is 3.34. The zero-order valence-corrected chi connectivity index (χ0v) is 11.2. The summed E-state index contributed by atoms with van der Waals surface area (Å²) in [6, 6.07) is 4.39. The summed E-state index contributed by atoms with van der Waals surface area (Å²) >= 11 is 0. The van der Waals surface area contributed by atoms with Gasteiger partial charge in [0.25, 0.3) is 0 Å². The standard InChI is InChI=1S/C15H18F2N2/c1-3-5-19-6-4-12(10-19)9-18-15-8-13(16)11(2)7-14(15)17/h4,6-8,10,18H,3,5,9H2,1-2H3. The largest absolute Gasteiger partial charge is 0.378 e. The first kappa shape index (κ1) is 13.6. The summed E-state index contributed by atoms with van der Waals surface area (Å²) in [4.78, 5) is 0. The van der Waals surface area contributed by atoms with Crippen LogP contribution < -0.4 is 5.32 Å². The molecule has 0 saturated heterocycles. The zero-order valence-electron chi connectivity index (χ0n) is 11.2. The Morgan fingerprint density at radius 2 is 2.00 bits per heavy atom. The normalized spacial score (nSPS) is 10.7. The van der Waals surface area contributed by atoms with Crippen LogP contribution in [0.5, 0.6) is 0 Å². The molecule has 0 aliphatic rings. The highest BCUT2D eigenvalue weighted by atomic mass is 19.1. The molecule has 19 heavy (non-hydrogen) atoms. The van der Waals surface area contributed by atoms with Crippen LogP contribution in [0, 0.1) is 18.6 Å². The van der Waals surface area contributed by atoms with Crippen LogP contribution in [0.4, 0.5) is 14.5 Å². The molecule has 2 rings (SSSR count). The molecule has 2 aromatic rings. The molecule has 1 aromatic carbocycles. The Bertz CT molecular complexity index is 561. The Labute approximate surface area is 112 Å². The van der Waals surface area contributed by atoms with Gasteiger partial charge >= 0.3 is 0 Å². The lowest BCUT2D eigenvalue weighted by atomic mass is 10.2. The number of aryl methyl sites for hydroxylation is 2. The van der Waals surface area contributed by atoms with Crippen LogP contribution in [-0.2, 0) is 13.1 Å². The van der Waals surface area contributed by atoms with Crippen molar-refractivity contribution < 1.29 is 8.78 Å². The van der Waals surface area contributed by atoms with Crippen molar-refractivity contribution in [1.82, 2.24) is 4.57 Å². The third-order valence-corrected chi connectivity index (χ3v) is 3.02. The second kappa shape index (κ2) is 5.87. The lowest BCUT2D eigenvalue weighted by Gasteiger charge is -2.08. The summed E-state index contributed by atoms with van der Waals surface area (Å²) < 4.78 is 29.1. The second-order valence-corrected chi connectivity index (χ2v) is 4.69. The molecule has 0 aliphatic heterocycles. The highest BCUT2D eigenvalue weighted by molar-refractivity contribution is 5.47. The van der Waals surface area contributed by atoms with Gasteiger partial charge in [0.2, 0.25) is 0 Å². The van der Waals surface area contributed by atoms with Crippen LogP contribution >= 0.6 is 0 Å². The predicted octanol–water partition coefficient (Wildman–Crippen LogP) is 4.10. The fourth-order valence-corrected chi connectivity index (χ4v) is 1.97. The lowest BCUT2D eigenvalue weighted by molar-refractivity contribution is 0.594. The highest BCUT2D eigenvalue weighted by Gasteiger charge is 2.07. The number of anilines is 1. The molecule has 1 N–H and O–H groups in total. The number of rotatable bonds is 5. The molecular formula is C15H18F2N2. The minimum Gasteiger partial charge on any atom is -0.378 e. The highest BCUT2D eigenvalue weighted by Crippen LogP contribution is 2.19. The van der Waals surface area contributed by atoms with Gasteiger partial charge in [-0.05, 0) is 36.6 Å². The summed E-state index contributed by atoms with van der Waals surface area (Å²) in [6.07, 6.45) is 5.07. The molecule has 0 radical (unpaired) electrons. The first-order chi connectivity index (χ1) is 9.10. The van der Waals surface area contributed by atoms with Gasteiger partial charge in [-0.2, -0.15) is 0 Å². The Hall–Kier alpha value is -1.84. The molecule has 4 heteroatoms. The maximum Gasteiger partial charge on any atom is 0.146 e. The van der Waals surface area contributed by atoms with Crippen molar-refractivity contribution >= 4 is 5.69 Å². The molecule has 0 saturated carbocycles. The van der Waals surface area contributed by atoms with Gasteiger partial charge in [0, 0.05) is 31.5 Å². The van der Waals surface area contributed by atoms with Crippen LogP contribution in [0.1, 0.15) is 24.5 Å². The lowest BCUT2D eigenvalue weighted by Crippen LogP contribution is -2.02. The van der Waals surface area contributed by atoms with Gasteiger partial charge in [0.1, 0.15) is 11.6 Å². The van der Waals surface area contributed by atoms with Crippen molar-refractivity contribution in [1.29, 1.82) is 0 Å². The smallest absolute Gasteiger partial charge is 0.146 e. The summed E-state index contributed by atoms with van der Waals surface area (Å²) in [5.74, 6) is -0.820. The van der Waals surface area contributed by atoms with E-state index in [1.165, 1.54) is 12.1 Å². The van der Waals surface area contributed by atoms with Crippen LogP contribution in [0.3, 0.4) is 0 Å². The van der Waals surface area contributed by atoms with Gasteiger partial charge in [-0.15, -0.1) is 0 Å². The molecule has 0 fully saturated rings. The number of nitrogens with one attached hydrogen (secondary N) is 1. The molecule has 1 heterocycles. The van der Waals surface area contributed by atoms with Gasteiger partial charge in [-0.25, -0.2) is 8.78 Å². The van der Waals surface area contributed by atoms with Crippen molar-refractivity contribution in [2.75, 3.05) is 5.32 Å². The quantitative estimate of drug-likeness (QED) is 0.860. The molecule has 0 atom stereocenters. The number of nitrogens with zero attached hydrogens (tertiary/aromatic N) is 1. The van der Waals surface area contributed by atoms with Crippen molar-refractivity contribution in [3.63, 3.8) is 0 Å². The van der Waals surface area contributed by atoms with Gasteiger partial charge in [0.05, 0.1) is 5.69 Å².